The lowest BCUT2D eigenvalue weighted by molar-refractivity contribution is -0.121. The molecule has 7 heteroatoms. The summed E-state index contributed by atoms with van der Waals surface area (Å²) >= 11 is 0. The normalized spacial score (nSPS) is 10.9. The van der Waals surface area contributed by atoms with Crippen molar-refractivity contribution in [1.29, 1.82) is 0 Å². The zero-order chi connectivity index (χ0) is 19.3. The molecule has 2 heterocycles. The van der Waals surface area contributed by atoms with E-state index < -0.39 is 0 Å². The van der Waals surface area contributed by atoms with Crippen molar-refractivity contribution in [3.05, 3.63) is 83.7 Å². The molecule has 4 rings (SSSR count). The van der Waals surface area contributed by atoms with Gasteiger partial charge < -0.3 is 9.88 Å². The summed E-state index contributed by atoms with van der Waals surface area (Å²) in [5, 5.41) is 2.83. The molecule has 1 N–H and O–H groups in total. The van der Waals surface area contributed by atoms with Gasteiger partial charge in [-0.1, -0.05) is 42.5 Å². The number of carbonyl (C=O) groups is 1. The predicted molar refractivity (Wildman–Crippen MR) is 107 cm³/mol. The van der Waals surface area contributed by atoms with E-state index >= 15 is 0 Å². The maximum atomic E-state index is 12.3. The molecular formula is C21H19N5O2. The molecule has 4 aromatic rings. The van der Waals surface area contributed by atoms with Crippen molar-refractivity contribution < 1.29 is 4.79 Å². The molecule has 0 bridgehead atoms. The Hall–Kier alpha value is -3.74. The number of nitrogens with one attached hydrogen (secondary N) is 1. The van der Waals surface area contributed by atoms with E-state index in [1.807, 2.05) is 54.6 Å². The SMILES string of the molecule is O=C(Cn1cnc2ccccc21)NCCn1cnc(-c2ccccc2)cc1=O. The summed E-state index contributed by atoms with van der Waals surface area (Å²) < 4.78 is 3.28. The third-order valence-electron chi connectivity index (χ3n) is 4.47. The van der Waals surface area contributed by atoms with Gasteiger partial charge in [-0.15, -0.1) is 0 Å². The summed E-state index contributed by atoms with van der Waals surface area (Å²) in [5.41, 5.74) is 3.15. The van der Waals surface area contributed by atoms with Crippen LogP contribution in [0.25, 0.3) is 22.3 Å². The molecule has 0 saturated heterocycles. The van der Waals surface area contributed by atoms with Gasteiger partial charge in [0, 0.05) is 24.7 Å². The van der Waals surface area contributed by atoms with E-state index in [1.54, 1.807) is 10.9 Å². The summed E-state index contributed by atoms with van der Waals surface area (Å²) in [6, 6.07) is 18.7. The molecule has 28 heavy (non-hydrogen) atoms. The van der Waals surface area contributed by atoms with Crippen molar-refractivity contribution in [1.82, 2.24) is 24.4 Å². The summed E-state index contributed by atoms with van der Waals surface area (Å²) in [6.07, 6.45) is 3.17. The summed E-state index contributed by atoms with van der Waals surface area (Å²) in [5.74, 6) is -0.134. The van der Waals surface area contributed by atoms with E-state index in [1.165, 1.54) is 17.0 Å². The zero-order valence-corrected chi connectivity index (χ0v) is 15.2. The third-order valence-corrected chi connectivity index (χ3v) is 4.47. The number of amides is 1. The van der Waals surface area contributed by atoms with E-state index in [0.717, 1.165) is 16.6 Å². The molecular weight excluding hydrogens is 354 g/mol. The molecule has 1 amide bonds. The van der Waals surface area contributed by atoms with Crippen LogP contribution in [0, 0.1) is 0 Å². The Kier molecular flexibility index (Phi) is 4.97. The predicted octanol–water partition coefficient (Wildman–Crippen LogP) is 2.08. The quantitative estimate of drug-likeness (QED) is 0.561. The van der Waals surface area contributed by atoms with Gasteiger partial charge >= 0.3 is 0 Å². The number of hydrogen-bond acceptors (Lipinski definition) is 4. The number of aromatic nitrogens is 4. The van der Waals surface area contributed by atoms with Gasteiger partial charge in [-0.05, 0) is 12.1 Å². The van der Waals surface area contributed by atoms with Gasteiger partial charge in [-0.25, -0.2) is 9.97 Å². The standard InChI is InChI=1S/C21H19N5O2/c27-20(13-26-15-23-17-8-4-5-9-19(17)26)22-10-11-25-14-24-18(12-21(25)28)16-6-2-1-3-7-16/h1-9,12,14-15H,10-11,13H2,(H,22,27). The number of nitrogens with zero attached hydrogens (tertiary/aromatic N) is 4. The van der Waals surface area contributed by atoms with Crippen LogP contribution in [-0.2, 0) is 17.9 Å². The highest BCUT2D eigenvalue weighted by molar-refractivity contribution is 5.80. The molecule has 0 atom stereocenters. The number of fused-ring (bicyclic) bond motifs is 1. The first kappa shape index (κ1) is 17.7. The molecule has 7 nitrogen and oxygen atoms in total. The highest BCUT2D eigenvalue weighted by atomic mass is 16.2. The van der Waals surface area contributed by atoms with E-state index in [9.17, 15) is 9.59 Å². The van der Waals surface area contributed by atoms with Crippen molar-refractivity contribution in [2.75, 3.05) is 6.54 Å². The van der Waals surface area contributed by atoms with Crippen LogP contribution in [0.3, 0.4) is 0 Å². The van der Waals surface area contributed by atoms with Crippen LogP contribution >= 0.6 is 0 Å². The van der Waals surface area contributed by atoms with E-state index in [2.05, 4.69) is 15.3 Å². The number of para-hydroxylation sites is 2. The summed E-state index contributed by atoms with van der Waals surface area (Å²) in [6.45, 7) is 0.885. The second-order valence-corrected chi connectivity index (χ2v) is 6.38. The number of hydrogen-bond donors (Lipinski definition) is 1. The average molecular weight is 373 g/mol. The van der Waals surface area contributed by atoms with Crippen LogP contribution in [0.1, 0.15) is 0 Å². The van der Waals surface area contributed by atoms with Crippen LogP contribution in [0.15, 0.2) is 78.1 Å². The minimum Gasteiger partial charge on any atom is -0.353 e. The Morgan fingerprint density at radius 3 is 2.50 bits per heavy atom. The van der Waals surface area contributed by atoms with Gasteiger partial charge in [-0.3, -0.25) is 14.2 Å². The second-order valence-electron chi connectivity index (χ2n) is 6.38. The maximum absolute atomic E-state index is 12.3. The topological polar surface area (TPSA) is 81.8 Å². The monoisotopic (exact) mass is 373 g/mol. The molecule has 0 saturated carbocycles. The van der Waals surface area contributed by atoms with Gasteiger partial charge in [0.05, 0.1) is 29.4 Å². The van der Waals surface area contributed by atoms with Gasteiger partial charge in [0.15, 0.2) is 0 Å². The van der Waals surface area contributed by atoms with Gasteiger partial charge in [0.2, 0.25) is 5.91 Å². The average Bonchev–Trinajstić information content (AvgIpc) is 3.13. The number of imidazole rings is 1. The fraction of sp³-hybridized carbons (Fsp3) is 0.143. The van der Waals surface area contributed by atoms with Gasteiger partial charge in [-0.2, -0.15) is 0 Å². The molecule has 0 aliphatic rings. The highest BCUT2D eigenvalue weighted by Gasteiger charge is 2.07. The molecule has 0 unspecified atom stereocenters. The van der Waals surface area contributed by atoms with Crippen molar-refractivity contribution >= 4 is 16.9 Å². The Morgan fingerprint density at radius 2 is 1.68 bits per heavy atom. The van der Waals surface area contributed by atoms with Crippen molar-refractivity contribution in [2.45, 2.75) is 13.1 Å². The highest BCUT2D eigenvalue weighted by Crippen LogP contribution is 2.13. The van der Waals surface area contributed by atoms with E-state index in [-0.39, 0.29) is 18.0 Å². The van der Waals surface area contributed by atoms with Crippen molar-refractivity contribution in [3.63, 3.8) is 0 Å². The first-order valence-corrected chi connectivity index (χ1v) is 8.99. The van der Waals surface area contributed by atoms with Crippen LogP contribution < -0.4 is 10.9 Å². The second kappa shape index (κ2) is 7.87. The molecule has 0 aliphatic carbocycles. The van der Waals surface area contributed by atoms with Crippen molar-refractivity contribution in [2.24, 2.45) is 0 Å². The van der Waals surface area contributed by atoms with Crippen molar-refractivity contribution in [3.8, 4) is 11.3 Å². The Bertz CT molecular complexity index is 1160. The lowest BCUT2D eigenvalue weighted by Crippen LogP contribution is -2.32. The lowest BCUT2D eigenvalue weighted by Gasteiger charge is -2.09. The Morgan fingerprint density at radius 1 is 0.929 bits per heavy atom. The number of carbonyl (C=O) groups excluding carboxylic acids is 1. The zero-order valence-electron chi connectivity index (χ0n) is 15.2. The molecule has 2 aromatic carbocycles. The fourth-order valence-electron chi connectivity index (χ4n) is 3.02. The lowest BCUT2D eigenvalue weighted by atomic mass is 10.1. The Labute approximate surface area is 161 Å². The van der Waals surface area contributed by atoms with E-state index in [0.29, 0.717) is 18.8 Å². The van der Waals surface area contributed by atoms with Crippen LogP contribution in [0.5, 0.6) is 0 Å². The largest absolute Gasteiger partial charge is 0.353 e. The molecule has 2 aromatic heterocycles. The fourth-order valence-corrected chi connectivity index (χ4v) is 3.02. The number of rotatable bonds is 6. The summed E-state index contributed by atoms with van der Waals surface area (Å²) in [7, 11) is 0. The minimum atomic E-state index is -0.149. The first-order chi connectivity index (χ1) is 13.7. The smallest absolute Gasteiger partial charge is 0.253 e. The van der Waals surface area contributed by atoms with Crippen LogP contribution in [0.2, 0.25) is 0 Å². The molecule has 0 radical (unpaired) electrons. The van der Waals surface area contributed by atoms with E-state index in [4.69, 9.17) is 0 Å². The van der Waals surface area contributed by atoms with Crippen LogP contribution in [-0.4, -0.2) is 31.6 Å². The maximum Gasteiger partial charge on any atom is 0.253 e. The Balaban J connectivity index is 1.35. The molecule has 0 fully saturated rings. The molecule has 140 valence electrons. The van der Waals surface area contributed by atoms with Gasteiger partial charge in [0.1, 0.15) is 6.54 Å². The van der Waals surface area contributed by atoms with Gasteiger partial charge in [0.25, 0.3) is 5.56 Å². The van der Waals surface area contributed by atoms with Crippen LogP contribution in [0.4, 0.5) is 0 Å². The third kappa shape index (κ3) is 3.83. The molecule has 0 spiro atoms. The summed E-state index contributed by atoms with van der Waals surface area (Å²) in [4.78, 5) is 33.1. The first-order valence-electron chi connectivity index (χ1n) is 8.99. The minimum absolute atomic E-state index is 0.134. The number of benzene rings is 2. The molecule has 0 aliphatic heterocycles.